The molecule has 0 aliphatic carbocycles. The van der Waals surface area contributed by atoms with Crippen molar-refractivity contribution in [2.45, 2.75) is 6.92 Å². The molecule has 8 heteroatoms. The van der Waals surface area contributed by atoms with Crippen LogP contribution in [0.2, 0.25) is 0 Å². The van der Waals surface area contributed by atoms with Crippen molar-refractivity contribution in [3.05, 3.63) is 113 Å². The van der Waals surface area contributed by atoms with Gasteiger partial charge in [0, 0.05) is 24.2 Å². The van der Waals surface area contributed by atoms with Gasteiger partial charge >= 0.3 is 0 Å². The summed E-state index contributed by atoms with van der Waals surface area (Å²) >= 11 is 1.48. The second-order valence-corrected chi connectivity index (χ2v) is 8.73. The Bertz CT molecular complexity index is 1550. The first-order valence-electron chi connectivity index (χ1n) is 11.0. The molecule has 2 aromatic heterocycles. The van der Waals surface area contributed by atoms with Gasteiger partial charge in [-0.3, -0.25) is 15.1 Å². The van der Waals surface area contributed by atoms with Gasteiger partial charge in [-0.05, 0) is 36.8 Å². The SMILES string of the molecule is Cc1c(N=Cc2cccc(F)c2)/c(=N\Nc2nc(-c3ccccc3)cs2)n(-c2ccccc2)n1C. The Morgan fingerprint density at radius 3 is 2.46 bits per heavy atom. The molecule has 0 aliphatic heterocycles. The highest BCUT2D eigenvalue weighted by Crippen LogP contribution is 2.25. The predicted octanol–water partition coefficient (Wildman–Crippen LogP) is 6.07. The number of benzene rings is 3. The topological polar surface area (TPSA) is 59.5 Å². The number of para-hydroxylation sites is 1. The van der Waals surface area contributed by atoms with Gasteiger partial charge in [-0.1, -0.05) is 60.7 Å². The van der Waals surface area contributed by atoms with Gasteiger partial charge in [0.15, 0.2) is 5.49 Å². The molecular weight excluding hydrogens is 459 g/mol. The molecule has 174 valence electrons. The van der Waals surface area contributed by atoms with Gasteiger partial charge in [0.25, 0.3) is 0 Å². The van der Waals surface area contributed by atoms with Gasteiger partial charge in [-0.2, -0.15) is 5.10 Å². The normalized spacial score (nSPS) is 11.9. The number of hydrogen-bond donors (Lipinski definition) is 1. The maximum Gasteiger partial charge on any atom is 0.203 e. The van der Waals surface area contributed by atoms with E-state index in [1.54, 1.807) is 12.3 Å². The van der Waals surface area contributed by atoms with E-state index in [0.717, 1.165) is 22.6 Å². The summed E-state index contributed by atoms with van der Waals surface area (Å²) in [4.78, 5) is 9.38. The maximum absolute atomic E-state index is 13.7. The van der Waals surface area contributed by atoms with Crippen LogP contribution in [0.1, 0.15) is 11.3 Å². The summed E-state index contributed by atoms with van der Waals surface area (Å²) in [6, 6.07) is 26.3. The molecule has 0 saturated heterocycles. The lowest BCUT2D eigenvalue weighted by atomic mass is 10.2. The Labute approximate surface area is 206 Å². The van der Waals surface area contributed by atoms with E-state index in [2.05, 4.69) is 10.4 Å². The van der Waals surface area contributed by atoms with Crippen molar-refractivity contribution in [2.24, 2.45) is 17.1 Å². The molecule has 0 fully saturated rings. The summed E-state index contributed by atoms with van der Waals surface area (Å²) in [5, 5.41) is 7.39. The first-order chi connectivity index (χ1) is 17.1. The first-order valence-corrected chi connectivity index (χ1v) is 11.9. The number of aromatic nitrogens is 3. The number of anilines is 1. The number of rotatable bonds is 6. The summed E-state index contributed by atoms with van der Waals surface area (Å²) in [6.07, 6.45) is 1.65. The number of aliphatic imine (C=N–C) groups is 1. The molecule has 3 aromatic carbocycles. The molecule has 2 heterocycles. The average molecular weight is 483 g/mol. The summed E-state index contributed by atoms with van der Waals surface area (Å²) in [5.74, 6) is -0.303. The quantitative estimate of drug-likeness (QED) is 0.236. The standard InChI is InChI=1S/C27H23FN6S/c1-19-25(29-17-20-10-9-13-22(28)16-20)26(34(33(19)2)23-14-7-4-8-15-23)31-32-27-30-24(18-35-27)21-11-5-3-6-12-21/h3-18H,1-2H3,(H,30,32)/b29-17?,31-26+. The van der Waals surface area contributed by atoms with Crippen molar-refractivity contribution in [2.75, 3.05) is 5.43 Å². The van der Waals surface area contributed by atoms with E-state index in [9.17, 15) is 4.39 Å². The van der Waals surface area contributed by atoms with E-state index in [4.69, 9.17) is 10.1 Å². The molecule has 0 bridgehead atoms. The maximum atomic E-state index is 13.7. The van der Waals surface area contributed by atoms with Crippen molar-refractivity contribution >= 4 is 28.4 Å². The van der Waals surface area contributed by atoms with Crippen LogP contribution in [0.25, 0.3) is 16.9 Å². The number of hydrogen-bond acceptors (Lipinski definition) is 5. The third kappa shape index (κ3) is 4.83. The molecule has 0 radical (unpaired) electrons. The molecule has 5 rings (SSSR count). The van der Waals surface area contributed by atoms with Gasteiger partial charge in [0.2, 0.25) is 5.13 Å². The Hall–Kier alpha value is -4.30. The van der Waals surface area contributed by atoms with Crippen LogP contribution >= 0.6 is 11.3 Å². The van der Waals surface area contributed by atoms with Crippen molar-refractivity contribution in [1.82, 2.24) is 14.3 Å². The van der Waals surface area contributed by atoms with Crippen LogP contribution in [0.15, 0.2) is 100 Å². The number of thiazole rings is 1. The van der Waals surface area contributed by atoms with E-state index in [1.165, 1.54) is 23.5 Å². The van der Waals surface area contributed by atoms with Gasteiger partial charge in [-0.15, -0.1) is 11.3 Å². The monoisotopic (exact) mass is 482 g/mol. The Kier molecular flexibility index (Phi) is 6.36. The minimum atomic E-state index is -0.303. The largest absolute Gasteiger partial charge is 0.284 e. The van der Waals surface area contributed by atoms with Crippen molar-refractivity contribution in [3.63, 3.8) is 0 Å². The van der Waals surface area contributed by atoms with E-state index in [0.29, 0.717) is 21.9 Å². The molecule has 1 N–H and O–H groups in total. The number of nitrogens with one attached hydrogen (secondary N) is 1. The molecule has 0 spiro atoms. The zero-order valence-corrected chi connectivity index (χ0v) is 20.1. The Balaban J connectivity index is 1.58. The highest BCUT2D eigenvalue weighted by Gasteiger charge is 2.14. The van der Waals surface area contributed by atoms with Gasteiger partial charge in [0.05, 0.1) is 17.1 Å². The van der Waals surface area contributed by atoms with Crippen LogP contribution in [0.5, 0.6) is 0 Å². The third-order valence-corrected chi connectivity index (χ3v) is 6.31. The molecular formula is C27H23FN6S. The van der Waals surface area contributed by atoms with Gasteiger partial charge in [0.1, 0.15) is 11.5 Å². The third-order valence-electron chi connectivity index (χ3n) is 5.56. The van der Waals surface area contributed by atoms with E-state index in [1.807, 2.05) is 95.4 Å². The van der Waals surface area contributed by atoms with Crippen LogP contribution in [-0.2, 0) is 7.05 Å². The zero-order chi connectivity index (χ0) is 24.2. The summed E-state index contributed by atoms with van der Waals surface area (Å²) in [6.45, 7) is 1.98. The average Bonchev–Trinajstić information content (AvgIpc) is 3.45. The molecule has 0 aliphatic rings. The zero-order valence-electron chi connectivity index (χ0n) is 19.3. The van der Waals surface area contributed by atoms with Crippen molar-refractivity contribution in [1.29, 1.82) is 0 Å². The molecule has 0 unspecified atom stereocenters. The second kappa shape index (κ2) is 9.90. The molecule has 0 atom stereocenters. The van der Waals surface area contributed by atoms with Crippen molar-refractivity contribution in [3.8, 4) is 16.9 Å². The van der Waals surface area contributed by atoms with Crippen LogP contribution in [0, 0.1) is 12.7 Å². The summed E-state index contributed by atoms with van der Waals surface area (Å²) in [5.41, 5.74) is 8.85. The lowest BCUT2D eigenvalue weighted by Crippen LogP contribution is -2.22. The van der Waals surface area contributed by atoms with Crippen LogP contribution in [0.3, 0.4) is 0 Å². The lowest BCUT2D eigenvalue weighted by molar-refractivity contribution is 0.622. The highest BCUT2D eigenvalue weighted by atomic mass is 32.1. The highest BCUT2D eigenvalue weighted by molar-refractivity contribution is 7.14. The minimum absolute atomic E-state index is 0.303. The fourth-order valence-electron chi connectivity index (χ4n) is 3.72. The fraction of sp³-hybridized carbons (Fsp3) is 0.0741. The number of nitrogens with zero attached hydrogens (tertiary/aromatic N) is 5. The summed E-state index contributed by atoms with van der Waals surface area (Å²) < 4.78 is 17.6. The van der Waals surface area contributed by atoms with Crippen LogP contribution in [-0.4, -0.2) is 20.6 Å². The predicted molar refractivity (Wildman–Crippen MR) is 140 cm³/mol. The van der Waals surface area contributed by atoms with Gasteiger partial charge in [-0.25, -0.2) is 14.1 Å². The number of halogens is 1. The molecule has 35 heavy (non-hydrogen) atoms. The molecule has 6 nitrogen and oxygen atoms in total. The fourth-order valence-corrected chi connectivity index (χ4v) is 4.38. The Morgan fingerprint density at radius 1 is 0.971 bits per heavy atom. The minimum Gasteiger partial charge on any atom is -0.284 e. The molecule has 0 saturated carbocycles. The molecule has 0 amide bonds. The second-order valence-electron chi connectivity index (χ2n) is 7.87. The van der Waals surface area contributed by atoms with E-state index in [-0.39, 0.29) is 5.82 Å². The molecule has 5 aromatic rings. The van der Waals surface area contributed by atoms with Crippen molar-refractivity contribution < 1.29 is 4.39 Å². The van der Waals surface area contributed by atoms with E-state index >= 15 is 0 Å². The smallest absolute Gasteiger partial charge is 0.203 e. The Morgan fingerprint density at radius 2 is 1.71 bits per heavy atom. The van der Waals surface area contributed by atoms with Gasteiger partial charge < -0.3 is 0 Å². The van der Waals surface area contributed by atoms with Crippen LogP contribution < -0.4 is 10.9 Å². The van der Waals surface area contributed by atoms with E-state index < -0.39 is 0 Å². The van der Waals surface area contributed by atoms with Crippen LogP contribution in [0.4, 0.5) is 15.2 Å². The lowest BCUT2D eigenvalue weighted by Gasteiger charge is -2.09. The first kappa shape index (κ1) is 22.5. The summed E-state index contributed by atoms with van der Waals surface area (Å²) in [7, 11) is 1.96.